The number of benzene rings is 1. The molecule has 1 aromatic rings. The molecule has 1 N–H and O–H groups in total. The van der Waals surface area contributed by atoms with Gasteiger partial charge in [0.05, 0.1) is 21.3 Å². The van der Waals surface area contributed by atoms with Gasteiger partial charge >= 0.3 is 0 Å². The highest BCUT2D eigenvalue weighted by molar-refractivity contribution is 5.76. The van der Waals surface area contributed by atoms with Gasteiger partial charge in [-0.2, -0.15) is 0 Å². The van der Waals surface area contributed by atoms with E-state index in [4.69, 9.17) is 14.2 Å². The number of amides is 1. The lowest BCUT2D eigenvalue weighted by atomic mass is 10.1. The molecule has 5 nitrogen and oxygen atoms in total. The van der Waals surface area contributed by atoms with Crippen LogP contribution in [0.5, 0.6) is 17.2 Å². The van der Waals surface area contributed by atoms with Crippen LogP contribution in [0.1, 0.15) is 38.7 Å². The summed E-state index contributed by atoms with van der Waals surface area (Å²) in [6.45, 7) is 5.12. The van der Waals surface area contributed by atoms with Crippen LogP contribution in [0.3, 0.4) is 0 Å². The molecule has 23 heavy (non-hydrogen) atoms. The van der Waals surface area contributed by atoms with Crippen LogP contribution < -0.4 is 19.5 Å². The number of hydrogen-bond acceptors (Lipinski definition) is 4. The summed E-state index contributed by atoms with van der Waals surface area (Å²) in [6.07, 6.45) is 3.23. The van der Waals surface area contributed by atoms with Gasteiger partial charge in [0, 0.05) is 13.0 Å². The molecule has 0 spiro atoms. The molecule has 0 fully saturated rings. The first-order chi connectivity index (χ1) is 11.0. The Labute approximate surface area is 139 Å². The summed E-state index contributed by atoms with van der Waals surface area (Å²) in [6, 6.07) is 3.76. The number of carbonyl (C=O) groups excluding carboxylic acids is 1. The Morgan fingerprint density at radius 2 is 1.70 bits per heavy atom. The topological polar surface area (TPSA) is 56.8 Å². The molecule has 5 heteroatoms. The summed E-state index contributed by atoms with van der Waals surface area (Å²) in [5, 5.41) is 2.96. The third-order valence-corrected chi connectivity index (χ3v) is 3.65. The third kappa shape index (κ3) is 6.38. The van der Waals surface area contributed by atoms with Crippen LogP contribution in [0.15, 0.2) is 12.1 Å². The SMILES string of the molecule is COc1cc(CCC(=O)NCCCC(C)C)cc(OC)c1OC. The van der Waals surface area contributed by atoms with E-state index >= 15 is 0 Å². The molecule has 0 saturated heterocycles. The molecule has 1 rings (SSSR count). The number of ether oxygens (including phenoxy) is 3. The number of hydrogen-bond donors (Lipinski definition) is 1. The zero-order chi connectivity index (χ0) is 17.2. The zero-order valence-electron chi connectivity index (χ0n) is 14.9. The molecule has 0 heterocycles. The minimum absolute atomic E-state index is 0.0718. The van der Waals surface area contributed by atoms with Crippen LogP contribution in [0.4, 0.5) is 0 Å². The number of carbonyl (C=O) groups is 1. The van der Waals surface area contributed by atoms with Crippen molar-refractivity contribution >= 4 is 5.91 Å². The molecular weight excluding hydrogens is 294 g/mol. The number of nitrogens with one attached hydrogen (secondary N) is 1. The fraction of sp³-hybridized carbons (Fsp3) is 0.611. The normalized spacial score (nSPS) is 10.5. The molecule has 0 unspecified atom stereocenters. The van der Waals surface area contributed by atoms with Gasteiger partial charge in [-0.1, -0.05) is 13.8 Å². The minimum atomic E-state index is 0.0718. The molecule has 1 amide bonds. The Morgan fingerprint density at radius 1 is 1.09 bits per heavy atom. The minimum Gasteiger partial charge on any atom is -0.493 e. The monoisotopic (exact) mass is 323 g/mol. The van der Waals surface area contributed by atoms with E-state index in [1.807, 2.05) is 12.1 Å². The van der Waals surface area contributed by atoms with Crippen LogP contribution in [-0.4, -0.2) is 33.8 Å². The fourth-order valence-electron chi connectivity index (χ4n) is 2.36. The van der Waals surface area contributed by atoms with Gasteiger partial charge in [0.25, 0.3) is 0 Å². The number of rotatable bonds is 10. The average Bonchev–Trinajstić information content (AvgIpc) is 2.55. The summed E-state index contributed by atoms with van der Waals surface area (Å²) in [7, 11) is 4.75. The molecule has 1 aromatic carbocycles. The Morgan fingerprint density at radius 3 is 2.17 bits per heavy atom. The van der Waals surface area contributed by atoms with Crippen molar-refractivity contribution in [3.8, 4) is 17.2 Å². The van der Waals surface area contributed by atoms with Gasteiger partial charge in [-0.3, -0.25) is 4.79 Å². The summed E-state index contributed by atoms with van der Waals surface area (Å²) < 4.78 is 15.9. The average molecular weight is 323 g/mol. The maximum atomic E-state index is 11.9. The van der Waals surface area contributed by atoms with Crippen molar-refractivity contribution in [2.75, 3.05) is 27.9 Å². The second-order valence-corrected chi connectivity index (χ2v) is 5.92. The largest absolute Gasteiger partial charge is 0.493 e. The first-order valence-corrected chi connectivity index (χ1v) is 8.07. The Balaban J connectivity index is 2.55. The highest BCUT2D eigenvalue weighted by Crippen LogP contribution is 2.38. The van der Waals surface area contributed by atoms with Crippen LogP contribution in [0, 0.1) is 5.92 Å². The molecule has 0 atom stereocenters. The molecule has 0 saturated carbocycles. The molecule has 0 aliphatic rings. The smallest absolute Gasteiger partial charge is 0.220 e. The molecule has 0 aliphatic carbocycles. The van der Waals surface area contributed by atoms with Crippen molar-refractivity contribution in [1.82, 2.24) is 5.32 Å². The van der Waals surface area contributed by atoms with E-state index in [-0.39, 0.29) is 5.91 Å². The first kappa shape index (κ1) is 19.1. The highest BCUT2D eigenvalue weighted by Gasteiger charge is 2.13. The number of aryl methyl sites for hydroxylation is 1. The van der Waals surface area contributed by atoms with E-state index in [0.717, 1.165) is 24.9 Å². The van der Waals surface area contributed by atoms with E-state index < -0.39 is 0 Å². The van der Waals surface area contributed by atoms with Crippen LogP contribution in [0.2, 0.25) is 0 Å². The zero-order valence-corrected chi connectivity index (χ0v) is 14.9. The second kappa shape index (κ2) is 9.98. The van der Waals surface area contributed by atoms with Gasteiger partial charge in [-0.15, -0.1) is 0 Å². The van der Waals surface area contributed by atoms with E-state index in [1.54, 1.807) is 21.3 Å². The summed E-state index contributed by atoms with van der Waals surface area (Å²) in [5.41, 5.74) is 0.983. The van der Waals surface area contributed by atoms with E-state index in [9.17, 15) is 4.79 Å². The molecule has 0 aromatic heterocycles. The number of methoxy groups -OCH3 is 3. The van der Waals surface area contributed by atoms with Gasteiger partial charge in [0.15, 0.2) is 11.5 Å². The van der Waals surface area contributed by atoms with E-state index in [0.29, 0.717) is 36.0 Å². The van der Waals surface area contributed by atoms with Crippen molar-refractivity contribution in [2.45, 2.75) is 39.5 Å². The predicted molar refractivity (Wildman–Crippen MR) is 91.5 cm³/mol. The van der Waals surface area contributed by atoms with Crippen molar-refractivity contribution in [2.24, 2.45) is 5.92 Å². The molecule has 0 bridgehead atoms. The van der Waals surface area contributed by atoms with Crippen LogP contribution >= 0.6 is 0 Å². The van der Waals surface area contributed by atoms with Crippen LogP contribution in [-0.2, 0) is 11.2 Å². The van der Waals surface area contributed by atoms with Crippen molar-refractivity contribution < 1.29 is 19.0 Å². The summed E-state index contributed by atoms with van der Waals surface area (Å²) in [4.78, 5) is 11.9. The van der Waals surface area contributed by atoms with Gasteiger partial charge in [-0.25, -0.2) is 0 Å². The summed E-state index contributed by atoms with van der Waals surface area (Å²) in [5.74, 6) is 2.53. The third-order valence-electron chi connectivity index (χ3n) is 3.65. The van der Waals surface area contributed by atoms with Crippen molar-refractivity contribution in [1.29, 1.82) is 0 Å². The molecular formula is C18H29NO4. The fourth-order valence-corrected chi connectivity index (χ4v) is 2.36. The van der Waals surface area contributed by atoms with E-state index in [1.165, 1.54) is 0 Å². The standard InChI is InChI=1S/C18H29NO4/c1-13(2)7-6-10-19-17(20)9-8-14-11-15(21-3)18(23-5)16(12-14)22-4/h11-13H,6-10H2,1-5H3,(H,19,20). The Kier molecular flexibility index (Phi) is 8.30. The van der Waals surface area contributed by atoms with Gasteiger partial charge in [-0.05, 0) is 42.9 Å². The predicted octanol–water partition coefficient (Wildman–Crippen LogP) is 3.20. The van der Waals surface area contributed by atoms with E-state index in [2.05, 4.69) is 19.2 Å². The highest BCUT2D eigenvalue weighted by atomic mass is 16.5. The van der Waals surface area contributed by atoms with Crippen LogP contribution in [0.25, 0.3) is 0 Å². The molecule has 0 aliphatic heterocycles. The van der Waals surface area contributed by atoms with Crippen molar-refractivity contribution in [3.05, 3.63) is 17.7 Å². The lowest BCUT2D eigenvalue weighted by Gasteiger charge is -2.14. The van der Waals surface area contributed by atoms with Crippen molar-refractivity contribution in [3.63, 3.8) is 0 Å². The summed E-state index contributed by atoms with van der Waals surface area (Å²) >= 11 is 0. The lowest BCUT2D eigenvalue weighted by Crippen LogP contribution is -2.24. The van der Waals surface area contributed by atoms with Gasteiger partial charge in [0.2, 0.25) is 11.7 Å². The Hall–Kier alpha value is -1.91. The molecule has 0 radical (unpaired) electrons. The maximum Gasteiger partial charge on any atom is 0.220 e. The molecule has 130 valence electrons. The quantitative estimate of drug-likeness (QED) is 0.672. The van der Waals surface area contributed by atoms with Gasteiger partial charge in [0.1, 0.15) is 0 Å². The Bertz CT molecular complexity index is 475. The second-order valence-electron chi connectivity index (χ2n) is 5.92. The van der Waals surface area contributed by atoms with Gasteiger partial charge < -0.3 is 19.5 Å². The maximum absolute atomic E-state index is 11.9. The lowest BCUT2D eigenvalue weighted by molar-refractivity contribution is -0.121. The first-order valence-electron chi connectivity index (χ1n) is 8.07.